The quantitative estimate of drug-likeness (QED) is 0.623. The Balaban J connectivity index is 1.22. The number of amides is 1. The van der Waals surface area contributed by atoms with Gasteiger partial charge in [-0.25, -0.2) is 9.97 Å². The van der Waals surface area contributed by atoms with Crippen LogP contribution in [0.3, 0.4) is 0 Å². The Morgan fingerprint density at radius 1 is 1.06 bits per heavy atom. The van der Waals surface area contributed by atoms with E-state index in [1.54, 1.807) is 6.33 Å². The number of hydrogen-bond donors (Lipinski definition) is 1. The van der Waals surface area contributed by atoms with Gasteiger partial charge in [0.15, 0.2) is 5.78 Å². The topological polar surface area (TPSA) is 82.2 Å². The minimum Gasteiger partial charge on any atom is -0.352 e. The van der Waals surface area contributed by atoms with E-state index in [-0.39, 0.29) is 17.6 Å². The number of aromatic nitrogens is 3. The molecule has 2 aliphatic rings. The van der Waals surface area contributed by atoms with Gasteiger partial charge in [0, 0.05) is 38.5 Å². The van der Waals surface area contributed by atoms with E-state index in [1.807, 2.05) is 11.0 Å². The fourth-order valence-electron chi connectivity index (χ4n) is 4.21. The van der Waals surface area contributed by atoms with Crippen LogP contribution in [0.4, 0.5) is 5.82 Å². The molecule has 1 amide bonds. The maximum absolute atomic E-state index is 12.7. The second kappa shape index (κ2) is 8.13. The van der Waals surface area contributed by atoms with E-state index in [1.165, 1.54) is 11.1 Å². The van der Waals surface area contributed by atoms with Gasteiger partial charge in [-0.15, -0.1) is 0 Å². The highest BCUT2D eigenvalue weighted by atomic mass is 16.2. The van der Waals surface area contributed by atoms with E-state index in [4.69, 9.17) is 0 Å². The van der Waals surface area contributed by atoms with E-state index in [0.717, 1.165) is 43.6 Å². The van der Waals surface area contributed by atoms with E-state index >= 15 is 0 Å². The van der Waals surface area contributed by atoms with Gasteiger partial charge in [-0.05, 0) is 37.8 Å². The number of carbonyl (C=O) groups is 2. The SMILES string of the molecule is Cc1ccc(CCC(=O)N2CCN(c3ncnc4[nH]c(C(=O)C5CC5)cc34)CC2)cc1. The molecule has 3 heterocycles. The van der Waals surface area contributed by atoms with Gasteiger partial charge < -0.3 is 14.8 Å². The zero-order chi connectivity index (χ0) is 21.4. The van der Waals surface area contributed by atoms with Crippen molar-refractivity contribution in [2.24, 2.45) is 5.92 Å². The summed E-state index contributed by atoms with van der Waals surface area (Å²) in [6, 6.07) is 10.3. The Bertz CT molecular complexity index is 1110. The first kappa shape index (κ1) is 19.7. The van der Waals surface area contributed by atoms with Crippen LogP contribution in [0, 0.1) is 12.8 Å². The van der Waals surface area contributed by atoms with Crippen LogP contribution in [0.15, 0.2) is 36.7 Å². The molecule has 1 saturated heterocycles. The summed E-state index contributed by atoms with van der Waals surface area (Å²) in [7, 11) is 0. The number of benzene rings is 1. The number of nitrogens with one attached hydrogen (secondary N) is 1. The minimum absolute atomic E-state index is 0.166. The van der Waals surface area contributed by atoms with Gasteiger partial charge in [0.2, 0.25) is 5.91 Å². The summed E-state index contributed by atoms with van der Waals surface area (Å²) in [6.07, 6.45) is 4.80. The number of hydrogen-bond acceptors (Lipinski definition) is 5. The summed E-state index contributed by atoms with van der Waals surface area (Å²) < 4.78 is 0. The molecule has 0 bridgehead atoms. The molecule has 7 heteroatoms. The number of piperazine rings is 1. The number of aryl methyl sites for hydroxylation is 2. The number of aromatic amines is 1. The second-order valence-corrected chi connectivity index (χ2v) is 8.63. The van der Waals surface area contributed by atoms with Crippen molar-refractivity contribution in [3.63, 3.8) is 0 Å². The van der Waals surface area contributed by atoms with Gasteiger partial charge in [-0.2, -0.15) is 0 Å². The van der Waals surface area contributed by atoms with Crippen LogP contribution in [0.5, 0.6) is 0 Å². The lowest BCUT2D eigenvalue weighted by atomic mass is 10.1. The van der Waals surface area contributed by atoms with Crippen LogP contribution in [0.1, 0.15) is 40.9 Å². The largest absolute Gasteiger partial charge is 0.352 e. The normalized spacial score (nSPS) is 16.7. The predicted molar refractivity (Wildman–Crippen MR) is 119 cm³/mol. The summed E-state index contributed by atoms with van der Waals surface area (Å²) >= 11 is 0. The first-order valence-electron chi connectivity index (χ1n) is 11.0. The highest BCUT2D eigenvalue weighted by molar-refractivity contribution is 6.03. The molecule has 2 aromatic heterocycles. The van der Waals surface area contributed by atoms with Crippen LogP contribution in [-0.4, -0.2) is 57.7 Å². The zero-order valence-corrected chi connectivity index (χ0v) is 17.8. The van der Waals surface area contributed by atoms with E-state index in [2.05, 4.69) is 51.0 Å². The number of Topliss-reactive ketones (excluding diaryl/α,β-unsaturated/α-hetero) is 1. The van der Waals surface area contributed by atoms with Crippen molar-refractivity contribution < 1.29 is 9.59 Å². The molecule has 1 aliphatic heterocycles. The third-order valence-electron chi connectivity index (χ3n) is 6.30. The van der Waals surface area contributed by atoms with Crippen LogP contribution in [0.2, 0.25) is 0 Å². The van der Waals surface area contributed by atoms with Crippen molar-refractivity contribution in [2.75, 3.05) is 31.1 Å². The molecule has 0 radical (unpaired) electrons. The molecule has 1 aromatic carbocycles. The van der Waals surface area contributed by atoms with Gasteiger partial charge in [-0.3, -0.25) is 9.59 Å². The van der Waals surface area contributed by atoms with E-state index in [9.17, 15) is 9.59 Å². The lowest BCUT2D eigenvalue weighted by Crippen LogP contribution is -2.49. The van der Waals surface area contributed by atoms with Crippen LogP contribution >= 0.6 is 0 Å². The number of carbonyl (C=O) groups excluding carboxylic acids is 2. The molecule has 7 nitrogen and oxygen atoms in total. The minimum atomic E-state index is 0.166. The van der Waals surface area contributed by atoms with Crippen molar-refractivity contribution in [3.8, 4) is 0 Å². The highest BCUT2D eigenvalue weighted by Gasteiger charge is 2.32. The third-order valence-corrected chi connectivity index (χ3v) is 6.30. The van der Waals surface area contributed by atoms with Crippen molar-refractivity contribution in [1.82, 2.24) is 19.9 Å². The lowest BCUT2D eigenvalue weighted by Gasteiger charge is -2.35. The molecule has 1 saturated carbocycles. The molecule has 160 valence electrons. The van der Waals surface area contributed by atoms with Crippen LogP contribution in [-0.2, 0) is 11.2 Å². The van der Waals surface area contributed by atoms with Crippen LogP contribution < -0.4 is 4.90 Å². The first-order valence-corrected chi connectivity index (χ1v) is 11.0. The van der Waals surface area contributed by atoms with Crippen molar-refractivity contribution in [3.05, 3.63) is 53.5 Å². The van der Waals surface area contributed by atoms with Crippen molar-refractivity contribution in [1.29, 1.82) is 0 Å². The Hall–Kier alpha value is -3.22. The standard InChI is InChI=1S/C24H27N5O2/c1-16-2-4-17(5-3-16)6-9-21(30)28-10-12-29(13-11-28)24-19-14-20(22(31)18-7-8-18)27-23(19)25-15-26-24/h2-5,14-15,18H,6-13H2,1H3,(H,25,26,27). The van der Waals surface area contributed by atoms with Gasteiger partial charge in [0.05, 0.1) is 11.1 Å². The number of anilines is 1. The third kappa shape index (κ3) is 4.17. The van der Waals surface area contributed by atoms with Gasteiger partial charge >= 0.3 is 0 Å². The molecule has 2 fully saturated rings. The first-order chi connectivity index (χ1) is 15.1. The smallest absolute Gasteiger partial charge is 0.223 e. The highest BCUT2D eigenvalue weighted by Crippen LogP contribution is 2.34. The molecule has 1 N–H and O–H groups in total. The summed E-state index contributed by atoms with van der Waals surface area (Å²) in [4.78, 5) is 41.2. The number of nitrogens with zero attached hydrogens (tertiary/aromatic N) is 4. The molecular formula is C24H27N5O2. The summed E-state index contributed by atoms with van der Waals surface area (Å²) in [5.74, 6) is 1.38. The van der Waals surface area contributed by atoms with E-state index in [0.29, 0.717) is 30.9 Å². The number of H-pyrrole nitrogens is 1. The summed E-state index contributed by atoms with van der Waals surface area (Å²) in [5.41, 5.74) is 3.76. The van der Waals surface area contributed by atoms with Crippen molar-refractivity contribution >= 4 is 28.5 Å². The average molecular weight is 418 g/mol. The average Bonchev–Trinajstić information content (AvgIpc) is 3.56. The number of ketones is 1. The number of fused-ring (bicyclic) bond motifs is 1. The molecular weight excluding hydrogens is 390 g/mol. The Kier molecular flexibility index (Phi) is 5.18. The van der Waals surface area contributed by atoms with Crippen LogP contribution in [0.25, 0.3) is 11.0 Å². The maximum Gasteiger partial charge on any atom is 0.223 e. The maximum atomic E-state index is 12.7. The molecule has 5 rings (SSSR count). The Morgan fingerprint density at radius 3 is 2.52 bits per heavy atom. The monoisotopic (exact) mass is 417 g/mol. The fourth-order valence-corrected chi connectivity index (χ4v) is 4.21. The lowest BCUT2D eigenvalue weighted by molar-refractivity contribution is -0.131. The Labute approximate surface area is 181 Å². The second-order valence-electron chi connectivity index (χ2n) is 8.63. The zero-order valence-electron chi connectivity index (χ0n) is 17.8. The molecule has 0 unspecified atom stereocenters. The molecule has 3 aromatic rings. The van der Waals surface area contributed by atoms with Gasteiger partial charge in [0.25, 0.3) is 0 Å². The Morgan fingerprint density at radius 2 is 1.81 bits per heavy atom. The molecule has 0 spiro atoms. The van der Waals surface area contributed by atoms with Gasteiger partial charge in [-0.1, -0.05) is 29.8 Å². The summed E-state index contributed by atoms with van der Waals surface area (Å²) in [5, 5.41) is 0.880. The number of rotatable bonds is 6. The van der Waals surface area contributed by atoms with E-state index < -0.39 is 0 Å². The molecule has 31 heavy (non-hydrogen) atoms. The van der Waals surface area contributed by atoms with Crippen molar-refractivity contribution in [2.45, 2.75) is 32.6 Å². The predicted octanol–water partition coefficient (Wildman–Crippen LogP) is 3.14. The van der Waals surface area contributed by atoms with Gasteiger partial charge in [0.1, 0.15) is 17.8 Å². The molecule has 0 atom stereocenters. The fraction of sp³-hybridized carbons (Fsp3) is 0.417. The molecule has 1 aliphatic carbocycles. The summed E-state index contributed by atoms with van der Waals surface area (Å²) in [6.45, 7) is 4.87.